The van der Waals surface area contributed by atoms with Crippen LogP contribution in [0.2, 0.25) is 0 Å². The van der Waals surface area contributed by atoms with E-state index in [1.807, 2.05) is 6.20 Å². The molecule has 3 nitrogen and oxygen atoms in total. The molecule has 2 N–H and O–H groups in total. The van der Waals surface area contributed by atoms with E-state index in [1.54, 1.807) is 0 Å². The predicted octanol–water partition coefficient (Wildman–Crippen LogP) is 2.40. The molecule has 1 heterocycles. The number of hydrogen-bond acceptors (Lipinski definition) is 3. The molecular weight excluding hydrogens is 188 g/mol. The van der Waals surface area contributed by atoms with Crippen LogP contribution in [-0.2, 0) is 12.8 Å². The molecule has 1 unspecified atom stereocenters. The first-order chi connectivity index (χ1) is 6.93. The second-order valence-electron chi connectivity index (χ2n) is 5.23. The zero-order chi connectivity index (χ0) is 11.5. The van der Waals surface area contributed by atoms with E-state index in [9.17, 15) is 0 Å². The fourth-order valence-electron chi connectivity index (χ4n) is 1.29. The number of hydrogen-bond donors (Lipinski definition) is 1. The third kappa shape index (κ3) is 3.67. The minimum atomic E-state index is 0.306. The highest BCUT2D eigenvalue weighted by Gasteiger charge is 2.21. The number of nitrogens with two attached hydrogens (primary N) is 1. The van der Waals surface area contributed by atoms with Gasteiger partial charge in [0.2, 0.25) is 0 Å². The van der Waals surface area contributed by atoms with Crippen LogP contribution in [0.4, 0.5) is 0 Å². The molecule has 0 aromatic carbocycles. The molecule has 1 rings (SSSR count). The van der Waals surface area contributed by atoms with Crippen LogP contribution >= 0.6 is 0 Å². The van der Waals surface area contributed by atoms with Gasteiger partial charge in [-0.1, -0.05) is 27.7 Å². The first-order valence-corrected chi connectivity index (χ1v) is 5.57. The van der Waals surface area contributed by atoms with Gasteiger partial charge in [0, 0.05) is 19.4 Å². The van der Waals surface area contributed by atoms with E-state index in [2.05, 4.69) is 32.7 Å². The highest BCUT2D eigenvalue weighted by atomic mass is 16.4. The van der Waals surface area contributed by atoms with Crippen LogP contribution in [0.15, 0.2) is 10.6 Å². The predicted molar refractivity (Wildman–Crippen MR) is 61.6 cm³/mol. The molecule has 0 aliphatic carbocycles. The van der Waals surface area contributed by atoms with E-state index in [-0.39, 0.29) is 0 Å². The summed E-state index contributed by atoms with van der Waals surface area (Å²) in [7, 11) is 0. The van der Waals surface area contributed by atoms with Crippen molar-refractivity contribution in [1.82, 2.24) is 4.98 Å². The smallest absolute Gasteiger partial charge is 0.195 e. The lowest BCUT2D eigenvalue weighted by Crippen LogP contribution is -2.19. The molecule has 0 radical (unpaired) electrons. The molecule has 0 saturated carbocycles. The van der Waals surface area contributed by atoms with Crippen molar-refractivity contribution in [3.05, 3.63) is 17.8 Å². The average molecular weight is 210 g/mol. The Kier molecular flexibility index (Phi) is 3.91. The molecule has 0 bridgehead atoms. The Morgan fingerprint density at radius 2 is 2.13 bits per heavy atom. The lowest BCUT2D eigenvalue weighted by molar-refractivity contribution is 0.246. The number of rotatable bonds is 4. The summed E-state index contributed by atoms with van der Waals surface area (Å²) in [6, 6.07) is 0. The monoisotopic (exact) mass is 210 g/mol. The Hall–Kier alpha value is -0.830. The first kappa shape index (κ1) is 12.2. The summed E-state index contributed by atoms with van der Waals surface area (Å²) in [6.45, 7) is 9.57. The van der Waals surface area contributed by atoms with Gasteiger partial charge in [0.1, 0.15) is 5.76 Å². The van der Waals surface area contributed by atoms with E-state index in [1.165, 1.54) is 0 Å². The van der Waals surface area contributed by atoms with Crippen molar-refractivity contribution >= 4 is 0 Å². The Morgan fingerprint density at radius 1 is 1.47 bits per heavy atom. The SMILES string of the molecule is CC(Cc1cnc(CCN)o1)C(C)(C)C. The molecule has 0 fully saturated rings. The molecule has 15 heavy (non-hydrogen) atoms. The van der Waals surface area contributed by atoms with Crippen LogP contribution in [0.25, 0.3) is 0 Å². The highest BCUT2D eigenvalue weighted by molar-refractivity contribution is 4.97. The van der Waals surface area contributed by atoms with Gasteiger partial charge in [-0.15, -0.1) is 0 Å². The second kappa shape index (κ2) is 4.79. The van der Waals surface area contributed by atoms with Crippen LogP contribution in [0.1, 0.15) is 39.3 Å². The van der Waals surface area contributed by atoms with Gasteiger partial charge >= 0.3 is 0 Å². The summed E-state index contributed by atoms with van der Waals surface area (Å²) in [4.78, 5) is 4.19. The molecule has 0 spiro atoms. The van der Waals surface area contributed by atoms with Crippen molar-refractivity contribution in [3.63, 3.8) is 0 Å². The molecule has 3 heteroatoms. The van der Waals surface area contributed by atoms with Crippen molar-refractivity contribution in [1.29, 1.82) is 0 Å². The average Bonchev–Trinajstić information content (AvgIpc) is 2.51. The molecule has 1 atom stereocenters. The summed E-state index contributed by atoms with van der Waals surface area (Å²) in [6.07, 6.45) is 3.50. The minimum absolute atomic E-state index is 0.306. The van der Waals surface area contributed by atoms with Crippen LogP contribution in [0.3, 0.4) is 0 Å². The standard InChI is InChI=1S/C12H22N2O/c1-9(12(2,3)4)7-10-8-14-11(15-10)5-6-13/h8-9H,5-7,13H2,1-4H3. The van der Waals surface area contributed by atoms with Crippen molar-refractivity contribution in [3.8, 4) is 0 Å². The van der Waals surface area contributed by atoms with E-state index in [0.29, 0.717) is 17.9 Å². The van der Waals surface area contributed by atoms with Gasteiger partial charge in [-0.2, -0.15) is 0 Å². The van der Waals surface area contributed by atoms with Gasteiger partial charge in [-0.3, -0.25) is 0 Å². The number of oxazole rings is 1. The molecule has 0 aliphatic rings. The molecule has 0 aliphatic heterocycles. The summed E-state index contributed by atoms with van der Waals surface area (Å²) in [5.74, 6) is 2.31. The maximum atomic E-state index is 5.60. The van der Waals surface area contributed by atoms with Crippen molar-refractivity contribution in [2.75, 3.05) is 6.54 Å². The lowest BCUT2D eigenvalue weighted by atomic mass is 9.80. The summed E-state index contributed by atoms with van der Waals surface area (Å²) in [5, 5.41) is 0. The fraction of sp³-hybridized carbons (Fsp3) is 0.750. The van der Waals surface area contributed by atoms with E-state index >= 15 is 0 Å². The van der Waals surface area contributed by atoms with Crippen LogP contribution in [0.5, 0.6) is 0 Å². The Morgan fingerprint density at radius 3 is 2.67 bits per heavy atom. The van der Waals surface area contributed by atoms with Gasteiger partial charge in [-0.25, -0.2) is 4.98 Å². The maximum Gasteiger partial charge on any atom is 0.195 e. The molecule has 0 amide bonds. The second-order valence-corrected chi connectivity index (χ2v) is 5.23. The largest absolute Gasteiger partial charge is 0.446 e. The van der Waals surface area contributed by atoms with Crippen molar-refractivity contribution in [2.24, 2.45) is 17.1 Å². The maximum absolute atomic E-state index is 5.60. The molecule has 0 saturated heterocycles. The van der Waals surface area contributed by atoms with Gasteiger partial charge in [0.05, 0.1) is 6.20 Å². The molecule has 1 aromatic heterocycles. The highest BCUT2D eigenvalue weighted by Crippen LogP contribution is 2.28. The summed E-state index contributed by atoms with van der Waals surface area (Å²) >= 11 is 0. The van der Waals surface area contributed by atoms with E-state index < -0.39 is 0 Å². The number of aromatic nitrogens is 1. The normalized spacial score (nSPS) is 14.2. The van der Waals surface area contributed by atoms with Gasteiger partial charge in [0.15, 0.2) is 5.89 Å². The third-order valence-electron chi connectivity index (χ3n) is 2.95. The van der Waals surface area contributed by atoms with Crippen LogP contribution in [0, 0.1) is 11.3 Å². The van der Waals surface area contributed by atoms with Crippen molar-refractivity contribution in [2.45, 2.75) is 40.5 Å². The Balaban J connectivity index is 2.57. The number of nitrogens with zero attached hydrogens (tertiary/aromatic N) is 1. The van der Waals surface area contributed by atoms with Crippen LogP contribution in [-0.4, -0.2) is 11.5 Å². The first-order valence-electron chi connectivity index (χ1n) is 5.57. The van der Waals surface area contributed by atoms with Crippen LogP contribution < -0.4 is 5.73 Å². The van der Waals surface area contributed by atoms with Gasteiger partial charge < -0.3 is 10.2 Å². The van der Waals surface area contributed by atoms with Gasteiger partial charge in [0.25, 0.3) is 0 Å². The third-order valence-corrected chi connectivity index (χ3v) is 2.95. The zero-order valence-corrected chi connectivity index (χ0v) is 10.2. The Bertz CT molecular complexity index is 299. The topological polar surface area (TPSA) is 52.0 Å². The quantitative estimate of drug-likeness (QED) is 0.830. The van der Waals surface area contributed by atoms with E-state index in [0.717, 1.165) is 24.5 Å². The van der Waals surface area contributed by atoms with Crippen molar-refractivity contribution < 1.29 is 4.42 Å². The summed E-state index contributed by atoms with van der Waals surface area (Å²) < 4.78 is 5.60. The minimum Gasteiger partial charge on any atom is -0.446 e. The van der Waals surface area contributed by atoms with E-state index in [4.69, 9.17) is 10.2 Å². The lowest BCUT2D eigenvalue weighted by Gasteiger charge is -2.26. The molecular formula is C12H22N2O. The molecule has 1 aromatic rings. The summed E-state index contributed by atoms with van der Waals surface area (Å²) in [5.41, 5.74) is 5.75. The molecule has 86 valence electrons. The fourth-order valence-corrected chi connectivity index (χ4v) is 1.29. The zero-order valence-electron chi connectivity index (χ0n) is 10.2. The van der Waals surface area contributed by atoms with Gasteiger partial charge in [-0.05, 0) is 11.3 Å². The Labute approximate surface area is 92.1 Å².